The second-order valence-electron chi connectivity index (χ2n) is 5.36. The number of nitrogens with one attached hydrogen (secondary N) is 1. The lowest BCUT2D eigenvalue weighted by Gasteiger charge is -2.14. The second-order valence-corrected chi connectivity index (χ2v) is 5.36. The van der Waals surface area contributed by atoms with Crippen LogP contribution in [0.3, 0.4) is 0 Å². The van der Waals surface area contributed by atoms with Crippen LogP contribution in [0.25, 0.3) is 0 Å². The van der Waals surface area contributed by atoms with Crippen LogP contribution in [0.2, 0.25) is 0 Å². The minimum absolute atomic E-state index is 0.663. The van der Waals surface area contributed by atoms with Gasteiger partial charge in [-0.05, 0) is 18.9 Å². The zero-order valence-corrected chi connectivity index (χ0v) is 12.8. The summed E-state index contributed by atoms with van der Waals surface area (Å²) in [6.45, 7) is 3.56. The van der Waals surface area contributed by atoms with E-state index in [1.54, 1.807) is 13.3 Å². The van der Waals surface area contributed by atoms with Gasteiger partial charge in [0.1, 0.15) is 0 Å². The summed E-state index contributed by atoms with van der Waals surface area (Å²) in [4.78, 5) is 15.3. The van der Waals surface area contributed by atoms with E-state index in [2.05, 4.69) is 25.2 Å². The zero-order valence-electron chi connectivity index (χ0n) is 12.8. The number of anilines is 1. The molecule has 0 aromatic carbocycles. The molecule has 22 heavy (non-hydrogen) atoms. The first-order valence-electron chi connectivity index (χ1n) is 7.61. The van der Waals surface area contributed by atoms with E-state index in [4.69, 9.17) is 4.74 Å². The third kappa shape index (κ3) is 3.51. The third-order valence-electron chi connectivity index (χ3n) is 3.77. The Labute approximate surface area is 130 Å². The molecule has 1 aliphatic rings. The van der Waals surface area contributed by atoms with Crippen LogP contribution in [0.4, 0.5) is 5.95 Å². The summed E-state index contributed by atoms with van der Waals surface area (Å²) in [6, 6.07) is 3.92. The first-order valence-corrected chi connectivity index (χ1v) is 7.61. The van der Waals surface area contributed by atoms with Gasteiger partial charge in [-0.25, -0.2) is 15.0 Å². The number of pyridine rings is 1. The first-order chi connectivity index (χ1) is 10.9. The first kappa shape index (κ1) is 14.7. The van der Waals surface area contributed by atoms with E-state index < -0.39 is 0 Å². The average molecular weight is 299 g/mol. The van der Waals surface area contributed by atoms with Crippen molar-refractivity contribution < 1.29 is 4.74 Å². The van der Waals surface area contributed by atoms with Crippen LogP contribution in [-0.2, 0) is 13.1 Å². The fourth-order valence-electron chi connectivity index (χ4n) is 2.60. The molecule has 6 nitrogen and oxygen atoms in total. The Balaban J connectivity index is 1.53. The van der Waals surface area contributed by atoms with Crippen molar-refractivity contribution in [2.45, 2.75) is 25.9 Å². The van der Waals surface area contributed by atoms with Gasteiger partial charge in [0.2, 0.25) is 11.8 Å². The molecule has 0 unspecified atom stereocenters. The van der Waals surface area contributed by atoms with Crippen molar-refractivity contribution in [1.29, 1.82) is 0 Å². The van der Waals surface area contributed by atoms with E-state index in [1.165, 1.54) is 12.8 Å². The Morgan fingerprint density at radius 2 is 1.91 bits per heavy atom. The predicted molar refractivity (Wildman–Crippen MR) is 84.8 cm³/mol. The summed E-state index contributed by atoms with van der Waals surface area (Å²) < 4.78 is 5.24. The average Bonchev–Trinajstić information content (AvgIpc) is 3.10. The number of aromatic nitrogens is 3. The van der Waals surface area contributed by atoms with Crippen molar-refractivity contribution in [1.82, 2.24) is 20.3 Å². The molecule has 1 saturated heterocycles. The van der Waals surface area contributed by atoms with E-state index in [0.29, 0.717) is 12.4 Å². The number of rotatable bonds is 6. The third-order valence-corrected chi connectivity index (χ3v) is 3.77. The summed E-state index contributed by atoms with van der Waals surface area (Å²) in [6.07, 6.45) is 7.99. The van der Waals surface area contributed by atoms with Gasteiger partial charge in [0.05, 0.1) is 7.11 Å². The molecule has 3 rings (SSSR count). The minimum Gasteiger partial charge on any atom is -0.481 e. The standard InChI is InChI=1S/C16H21N5O/c1-22-15-14(5-4-6-18-15)12-17-9-13-10-19-16(20-11-13)21-7-2-3-8-21/h4-6,10-11,17H,2-3,7-9,12H2,1H3. The normalized spacial score (nSPS) is 14.3. The summed E-state index contributed by atoms with van der Waals surface area (Å²) >= 11 is 0. The molecule has 0 bridgehead atoms. The second kappa shape index (κ2) is 7.17. The maximum atomic E-state index is 5.24. The van der Waals surface area contributed by atoms with Crippen LogP contribution in [-0.4, -0.2) is 35.2 Å². The van der Waals surface area contributed by atoms with Crippen LogP contribution in [0, 0.1) is 0 Å². The molecule has 116 valence electrons. The monoisotopic (exact) mass is 299 g/mol. The quantitative estimate of drug-likeness (QED) is 0.877. The molecule has 2 aromatic rings. The van der Waals surface area contributed by atoms with Gasteiger partial charge in [0, 0.05) is 55.9 Å². The van der Waals surface area contributed by atoms with Crippen LogP contribution in [0.5, 0.6) is 5.88 Å². The Bertz CT molecular complexity index is 596. The van der Waals surface area contributed by atoms with E-state index >= 15 is 0 Å². The molecular formula is C16H21N5O. The van der Waals surface area contributed by atoms with Crippen LogP contribution in [0.1, 0.15) is 24.0 Å². The molecule has 3 heterocycles. The Kier molecular flexibility index (Phi) is 4.80. The SMILES string of the molecule is COc1ncccc1CNCc1cnc(N2CCCC2)nc1. The largest absolute Gasteiger partial charge is 0.481 e. The van der Waals surface area contributed by atoms with Crippen molar-refractivity contribution in [2.24, 2.45) is 0 Å². The molecule has 0 amide bonds. The van der Waals surface area contributed by atoms with Crippen molar-refractivity contribution in [3.05, 3.63) is 41.9 Å². The molecule has 0 spiro atoms. The summed E-state index contributed by atoms with van der Waals surface area (Å²) in [5.74, 6) is 1.51. The zero-order chi connectivity index (χ0) is 15.2. The molecule has 2 aromatic heterocycles. The summed E-state index contributed by atoms with van der Waals surface area (Å²) in [5.41, 5.74) is 2.12. The van der Waals surface area contributed by atoms with Crippen molar-refractivity contribution in [2.75, 3.05) is 25.1 Å². The number of hydrogen-bond donors (Lipinski definition) is 1. The van der Waals surface area contributed by atoms with Gasteiger partial charge in [0.15, 0.2) is 0 Å². The molecule has 6 heteroatoms. The van der Waals surface area contributed by atoms with Gasteiger partial charge < -0.3 is 15.0 Å². The molecular weight excluding hydrogens is 278 g/mol. The molecule has 1 N–H and O–H groups in total. The fourth-order valence-corrected chi connectivity index (χ4v) is 2.60. The highest BCUT2D eigenvalue weighted by Crippen LogP contribution is 2.15. The van der Waals surface area contributed by atoms with E-state index in [-0.39, 0.29) is 0 Å². The van der Waals surface area contributed by atoms with Gasteiger partial charge in [-0.15, -0.1) is 0 Å². The van der Waals surface area contributed by atoms with Gasteiger partial charge >= 0.3 is 0 Å². The molecule has 0 saturated carbocycles. The molecule has 0 atom stereocenters. The Morgan fingerprint density at radius 1 is 1.14 bits per heavy atom. The predicted octanol–water partition coefficient (Wildman–Crippen LogP) is 1.77. The highest BCUT2D eigenvalue weighted by Gasteiger charge is 2.14. The Morgan fingerprint density at radius 3 is 2.64 bits per heavy atom. The maximum absolute atomic E-state index is 5.24. The summed E-state index contributed by atoms with van der Waals surface area (Å²) in [5, 5.41) is 3.37. The number of hydrogen-bond acceptors (Lipinski definition) is 6. The lowest BCUT2D eigenvalue weighted by atomic mass is 10.2. The maximum Gasteiger partial charge on any atom is 0.225 e. The smallest absolute Gasteiger partial charge is 0.225 e. The lowest BCUT2D eigenvalue weighted by Crippen LogP contribution is -2.21. The highest BCUT2D eigenvalue weighted by atomic mass is 16.5. The molecule has 1 fully saturated rings. The minimum atomic E-state index is 0.663. The summed E-state index contributed by atoms with van der Waals surface area (Å²) in [7, 11) is 1.64. The van der Waals surface area contributed by atoms with E-state index in [1.807, 2.05) is 24.5 Å². The molecule has 0 aliphatic carbocycles. The lowest BCUT2D eigenvalue weighted by molar-refractivity contribution is 0.390. The van der Waals surface area contributed by atoms with Crippen LogP contribution < -0.4 is 15.0 Å². The van der Waals surface area contributed by atoms with Crippen LogP contribution in [0.15, 0.2) is 30.7 Å². The topological polar surface area (TPSA) is 63.2 Å². The molecule has 1 aliphatic heterocycles. The van der Waals surface area contributed by atoms with Crippen molar-refractivity contribution in [3.63, 3.8) is 0 Å². The fraction of sp³-hybridized carbons (Fsp3) is 0.438. The number of nitrogens with zero attached hydrogens (tertiary/aromatic N) is 4. The van der Waals surface area contributed by atoms with Gasteiger partial charge in [-0.2, -0.15) is 0 Å². The van der Waals surface area contributed by atoms with E-state index in [0.717, 1.165) is 36.7 Å². The van der Waals surface area contributed by atoms with Gasteiger partial charge in [0.25, 0.3) is 0 Å². The van der Waals surface area contributed by atoms with Gasteiger partial charge in [-0.1, -0.05) is 6.07 Å². The van der Waals surface area contributed by atoms with Crippen LogP contribution >= 0.6 is 0 Å². The van der Waals surface area contributed by atoms with Crippen molar-refractivity contribution in [3.8, 4) is 5.88 Å². The van der Waals surface area contributed by atoms with E-state index in [9.17, 15) is 0 Å². The molecule has 0 radical (unpaired) electrons. The Hall–Kier alpha value is -2.21. The number of methoxy groups -OCH3 is 1. The highest BCUT2D eigenvalue weighted by molar-refractivity contribution is 5.31. The van der Waals surface area contributed by atoms with Gasteiger partial charge in [-0.3, -0.25) is 0 Å². The van der Waals surface area contributed by atoms with Crippen molar-refractivity contribution >= 4 is 5.95 Å². The number of ether oxygens (including phenoxy) is 1.